The average molecular weight is 1950 g/mol. The number of aromatic nitrogens is 4. The fraction of sp³-hybridized carbons (Fsp3) is 0.575. The van der Waals surface area contributed by atoms with E-state index in [9.17, 15) is 127 Å². The first-order chi connectivity index (χ1) is 65.3. The lowest BCUT2D eigenvalue weighted by Crippen LogP contribution is -2.61. The standard InChI is InChI=1S/C87H132N24O27/c1-6-45(2)73(108-85(136)62(29-34-72(123)124)104-84(135)61(28-33-71(121)122)103-83(134)60(27-32-70(119)120)99-75(126)47(4)92)87(138)107-64(40-49-19-22-52(112)23-20-49)77(128)94-43-67(114)96-58(25-30-68(115)116)82(133)106-65(41-50-44-111(110-109-50)51-21-24-53-46(3)39-66(113)97-63(53)42-51)86(137)105-59(26-31-69(117)118)78(129)95-48(5)76(127)100-55(16-8-12-36-89)80(131)102-57(18-10-14-38-91)81(132)101-56(17-9-13-37-90)79(130)98-54(74(93)125)15-7-11-35-88/h19-24,39,42,44-45,47-48,54-62,64-65,73,112H,6-18,25-38,40-41,43,88-92H2,1-5H3,(H2,93,125)(H,94,128)(H,95,129)(H,96,114)(H,97,113)(H,98,130)(H,99,126)(H,100,127)(H,101,132)(H,102,131)(H,103,134)(H,104,135)(H,105,137)(H,106,133)(H,107,138)(H,108,136)(H,115,116)(H,117,118)(H,119,120)(H,121,122)(H,123,124)/t45-,47-,48-,54-,55-,56-,57-,58-,59-,60-,61-,62-,64-,65-,73-/m0/s1. The summed E-state index contributed by atoms with van der Waals surface area (Å²) in [6.07, 6.45) is -4.24. The van der Waals surface area contributed by atoms with Gasteiger partial charge in [0.1, 0.15) is 84.3 Å². The summed E-state index contributed by atoms with van der Waals surface area (Å²) in [6, 6.07) is -11.4. The van der Waals surface area contributed by atoms with Gasteiger partial charge in [-0.3, -0.25) is 101 Å². The van der Waals surface area contributed by atoms with Crippen LogP contribution in [0, 0.1) is 12.8 Å². The molecule has 138 heavy (non-hydrogen) atoms. The third kappa shape index (κ3) is 42.0. The van der Waals surface area contributed by atoms with Gasteiger partial charge in [-0.15, -0.1) is 5.10 Å². The predicted octanol–water partition coefficient (Wildman–Crippen LogP) is -5.93. The molecule has 0 spiro atoms. The molecule has 33 N–H and O–H groups in total. The van der Waals surface area contributed by atoms with Crippen LogP contribution in [-0.4, -0.2) is 286 Å². The van der Waals surface area contributed by atoms with Crippen LogP contribution in [0.2, 0.25) is 0 Å². The number of carboxylic acids is 5. The third-order valence-corrected chi connectivity index (χ3v) is 22.0. The van der Waals surface area contributed by atoms with Crippen LogP contribution >= 0.6 is 0 Å². The molecule has 2 aromatic carbocycles. The molecule has 0 unspecified atom stereocenters. The number of phenolic OH excluding ortho intramolecular Hbond substituents is 1. The number of nitrogens with zero attached hydrogens (tertiary/aromatic N) is 3. The van der Waals surface area contributed by atoms with Gasteiger partial charge in [0.15, 0.2) is 0 Å². The second-order valence-corrected chi connectivity index (χ2v) is 33.3. The van der Waals surface area contributed by atoms with Crippen molar-refractivity contribution in [1.82, 2.24) is 94.4 Å². The summed E-state index contributed by atoms with van der Waals surface area (Å²) in [5.41, 5.74) is 35.3. The van der Waals surface area contributed by atoms with Gasteiger partial charge in [0.05, 0.1) is 35.7 Å². The third-order valence-electron chi connectivity index (χ3n) is 22.0. The minimum Gasteiger partial charge on any atom is -0.508 e. The van der Waals surface area contributed by atoms with Gasteiger partial charge in [0.2, 0.25) is 94.2 Å². The quantitative estimate of drug-likeness (QED) is 0.0183. The number of fused-ring (bicyclic) bond motifs is 1. The predicted molar refractivity (Wildman–Crippen MR) is 492 cm³/mol. The number of carboxylic acid groups (broad SMARTS) is 5. The van der Waals surface area contributed by atoms with Crippen molar-refractivity contribution in [3.8, 4) is 11.4 Å². The second kappa shape index (κ2) is 60.3. The number of nitrogens with one attached hydrogen (secondary N) is 15. The highest BCUT2D eigenvalue weighted by Crippen LogP contribution is 2.21. The average Bonchev–Trinajstić information content (AvgIpc) is 1.54. The number of aromatic hydroxyl groups is 1. The van der Waals surface area contributed by atoms with Gasteiger partial charge in [-0.2, -0.15) is 0 Å². The van der Waals surface area contributed by atoms with Crippen molar-refractivity contribution in [3.63, 3.8) is 0 Å². The van der Waals surface area contributed by atoms with E-state index in [1.54, 1.807) is 32.0 Å². The number of rotatable bonds is 67. The Morgan fingerprint density at radius 1 is 0.406 bits per heavy atom. The summed E-state index contributed by atoms with van der Waals surface area (Å²) in [5.74, 6) is -24.8. The lowest BCUT2D eigenvalue weighted by molar-refractivity contribution is -0.140. The fourth-order valence-corrected chi connectivity index (χ4v) is 14.0. The zero-order chi connectivity index (χ0) is 103. The van der Waals surface area contributed by atoms with Crippen molar-refractivity contribution in [2.75, 3.05) is 32.7 Å². The lowest BCUT2D eigenvalue weighted by atomic mass is 9.96. The van der Waals surface area contributed by atoms with E-state index >= 15 is 4.79 Å². The Bertz CT molecular complexity index is 4920. The smallest absolute Gasteiger partial charge is 0.303 e. The number of nitrogens with two attached hydrogens (primary N) is 6. The van der Waals surface area contributed by atoms with Crippen molar-refractivity contribution >= 4 is 129 Å². The summed E-state index contributed by atoms with van der Waals surface area (Å²) in [5, 5.41) is 102. The Morgan fingerprint density at radius 3 is 1.17 bits per heavy atom. The van der Waals surface area contributed by atoms with Gasteiger partial charge < -0.3 is 144 Å². The molecule has 762 valence electrons. The maximum atomic E-state index is 15.1. The minimum atomic E-state index is -1.96. The molecule has 0 aliphatic rings. The van der Waals surface area contributed by atoms with Crippen molar-refractivity contribution < 1.29 is 127 Å². The molecule has 0 aliphatic heterocycles. The molecule has 4 aromatic rings. The van der Waals surface area contributed by atoms with Crippen LogP contribution in [0.4, 0.5) is 0 Å². The second-order valence-electron chi connectivity index (χ2n) is 33.3. The van der Waals surface area contributed by atoms with Gasteiger partial charge in [0, 0.05) is 56.4 Å². The van der Waals surface area contributed by atoms with E-state index in [1.165, 1.54) is 62.0 Å². The number of aryl methyl sites for hydroxylation is 1. The number of primary amides is 1. The number of phenols is 1. The van der Waals surface area contributed by atoms with Crippen LogP contribution in [-0.2, 0) is 109 Å². The number of amides is 15. The molecule has 0 saturated carbocycles. The molecule has 0 bridgehead atoms. The van der Waals surface area contributed by atoms with Crippen molar-refractivity contribution in [2.45, 2.75) is 280 Å². The number of unbranched alkanes of at least 4 members (excludes halogenated alkanes) is 4. The molecule has 51 nitrogen and oxygen atoms in total. The van der Waals surface area contributed by atoms with Crippen LogP contribution < -0.4 is 114 Å². The van der Waals surface area contributed by atoms with Crippen molar-refractivity contribution in [1.29, 1.82) is 0 Å². The van der Waals surface area contributed by atoms with E-state index in [1.807, 2.05) is 0 Å². The molecular weight excluding hydrogens is 1810 g/mol. The molecule has 15 atom stereocenters. The highest BCUT2D eigenvalue weighted by Gasteiger charge is 2.39. The van der Waals surface area contributed by atoms with Crippen LogP contribution in [0.3, 0.4) is 0 Å². The largest absolute Gasteiger partial charge is 0.508 e. The number of aliphatic carboxylic acids is 5. The first-order valence-corrected chi connectivity index (χ1v) is 45.3. The number of benzene rings is 2. The molecule has 4 rings (SSSR count). The normalized spacial score (nSPS) is 14.4. The Labute approximate surface area is 793 Å². The summed E-state index contributed by atoms with van der Waals surface area (Å²) in [7, 11) is 0. The van der Waals surface area contributed by atoms with E-state index in [-0.39, 0.29) is 81.6 Å². The monoisotopic (exact) mass is 1940 g/mol. The molecule has 0 fully saturated rings. The molecular formula is C87H132N24O27. The molecule has 2 heterocycles. The van der Waals surface area contributed by atoms with E-state index in [0.29, 0.717) is 67.2 Å². The van der Waals surface area contributed by atoms with Crippen LogP contribution in [0.15, 0.2) is 59.5 Å². The first-order valence-electron chi connectivity index (χ1n) is 45.3. The molecule has 2 aromatic heterocycles. The highest BCUT2D eigenvalue weighted by atomic mass is 16.4. The maximum Gasteiger partial charge on any atom is 0.303 e. The number of carbonyl (C=O) groups is 20. The zero-order valence-electron chi connectivity index (χ0n) is 77.6. The van der Waals surface area contributed by atoms with E-state index in [2.05, 4.69) is 89.7 Å². The Balaban J connectivity index is 1.72. The Kier molecular flexibility index (Phi) is 50.7. The first kappa shape index (κ1) is 116. The van der Waals surface area contributed by atoms with E-state index in [4.69, 9.17) is 34.4 Å². The number of hydrogen-bond acceptors (Lipinski definition) is 29. The summed E-state index contributed by atoms with van der Waals surface area (Å²) >= 11 is 0. The number of carbonyl (C=O) groups excluding carboxylic acids is 15. The molecule has 0 saturated heterocycles. The minimum absolute atomic E-state index is 0.0311. The fourth-order valence-electron chi connectivity index (χ4n) is 14.0. The van der Waals surface area contributed by atoms with Gasteiger partial charge in [-0.25, -0.2) is 4.68 Å². The topological polar surface area (TPSA) is 851 Å². The Morgan fingerprint density at radius 2 is 0.761 bits per heavy atom. The van der Waals surface area contributed by atoms with Gasteiger partial charge in [-0.1, -0.05) is 43.7 Å². The molecule has 0 aliphatic carbocycles. The summed E-state index contributed by atoms with van der Waals surface area (Å²) in [4.78, 5) is 287. The maximum absolute atomic E-state index is 15.1. The summed E-state index contributed by atoms with van der Waals surface area (Å²) < 4.78 is 1.22. The van der Waals surface area contributed by atoms with Gasteiger partial charge in [-0.05, 0) is 197 Å². The van der Waals surface area contributed by atoms with E-state index in [0.717, 1.165) is 0 Å². The van der Waals surface area contributed by atoms with Crippen LogP contribution in [0.25, 0.3) is 16.6 Å². The van der Waals surface area contributed by atoms with Gasteiger partial charge >= 0.3 is 29.8 Å². The Hall–Kier alpha value is -14.2. The highest BCUT2D eigenvalue weighted by molar-refractivity contribution is 6.01. The number of pyridine rings is 1. The summed E-state index contributed by atoms with van der Waals surface area (Å²) in [6.45, 7) is 6.95. The molecule has 51 heteroatoms. The van der Waals surface area contributed by atoms with Crippen LogP contribution in [0.1, 0.15) is 192 Å². The SMILES string of the molecule is CC[C@H](C)[C@H](NC(=O)[C@H](CCC(=O)O)NC(=O)[C@H](CCC(=O)O)NC(=O)[C@H](CCC(=O)O)NC(=O)[C@H](C)N)C(=O)N[C@@H](Cc1ccc(O)cc1)C(=O)NCC(=O)N[C@@H](CCC(=O)O)C(=O)N[C@@H](Cc1cn(-c2ccc3c(C)cc(=O)[nH]c3c2)nn1)C(=O)N[C@@H](CCC(=O)O)C(=O)N[C@@H](C)C(=O)N[C@@H](CCCCN)C(=O)N[C@@H](CCCCN)C(=O)N[C@@H](CCCCN)C(=O)N[C@@H](CCCCN)C(N)=O. The van der Waals surface area contributed by atoms with Crippen molar-refractivity contribution in [3.05, 3.63) is 81.9 Å². The van der Waals surface area contributed by atoms with E-state index < -0.39 is 298 Å². The zero-order valence-corrected chi connectivity index (χ0v) is 77.6. The van der Waals surface area contributed by atoms with Crippen LogP contribution in [0.5, 0.6) is 5.75 Å². The number of aromatic amines is 1. The number of hydrogen-bond donors (Lipinski definition) is 27. The number of H-pyrrole nitrogens is 1. The van der Waals surface area contributed by atoms with Crippen molar-refractivity contribution in [2.24, 2.45) is 40.3 Å². The lowest BCUT2D eigenvalue weighted by Gasteiger charge is -2.29. The molecule has 0 radical (unpaired) electrons. The van der Waals surface area contributed by atoms with Gasteiger partial charge in [0.25, 0.3) is 0 Å². The molecule has 15 amide bonds.